The average Bonchev–Trinajstić information content (AvgIpc) is 3.18. The molecular formula is C21H18ClN5O2S. The molecule has 0 spiro atoms. The summed E-state index contributed by atoms with van der Waals surface area (Å²) in [5, 5.41) is 8.53. The highest BCUT2D eigenvalue weighted by Crippen LogP contribution is 2.23. The van der Waals surface area contributed by atoms with E-state index in [4.69, 9.17) is 11.6 Å². The molecule has 1 amide bonds. The number of hydrogen-bond donors (Lipinski definition) is 2. The number of H-pyrrole nitrogens is 1. The smallest absolute Gasteiger partial charge is 0.262 e. The number of rotatable bonds is 6. The van der Waals surface area contributed by atoms with Crippen molar-refractivity contribution in [3.63, 3.8) is 0 Å². The van der Waals surface area contributed by atoms with Crippen molar-refractivity contribution in [3.05, 3.63) is 81.7 Å². The third kappa shape index (κ3) is 4.24. The molecule has 2 N–H and O–H groups in total. The minimum atomic E-state index is -0.297. The molecule has 0 saturated carbocycles. The van der Waals surface area contributed by atoms with Gasteiger partial charge in [0.05, 0.1) is 23.7 Å². The molecule has 0 radical (unpaired) electrons. The average molecular weight is 440 g/mol. The van der Waals surface area contributed by atoms with E-state index in [1.165, 1.54) is 6.20 Å². The summed E-state index contributed by atoms with van der Waals surface area (Å²) >= 11 is 7.34. The highest BCUT2D eigenvalue weighted by atomic mass is 35.5. The zero-order valence-corrected chi connectivity index (χ0v) is 17.6. The van der Waals surface area contributed by atoms with Crippen LogP contribution in [0.2, 0.25) is 5.02 Å². The summed E-state index contributed by atoms with van der Waals surface area (Å²) in [6.07, 6.45) is 1.49. The second-order valence-electron chi connectivity index (χ2n) is 6.60. The van der Waals surface area contributed by atoms with Crippen LogP contribution in [0.4, 0.5) is 0 Å². The zero-order valence-electron chi connectivity index (χ0n) is 16.0. The maximum Gasteiger partial charge on any atom is 0.262 e. The third-order valence-corrected chi connectivity index (χ3v) is 5.72. The monoisotopic (exact) mass is 439 g/mol. The summed E-state index contributed by atoms with van der Waals surface area (Å²) in [4.78, 5) is 32.0. The molecule has 4 aromatic rings. The number of nitrogens with one attached hydrogen (secondary N) is 2. The Balaban J connectivity index is 1.49. The number of thioether (sulfide) groups is 1. The van der Waals surface area contributed by atoms with Crippen LogP contribution in [-0.4, -0.2) is 31.4 Å². The van der Waals surface area contributed by atoms with Crippen molar-refractivity contribution < 1.29 is 4.79 Å². The van der Waals surface area contributed by atoms with Gasteiger partial charge in [-0.2, -0.15) is 5.10 Å². The highest BCUT2D eigenvalue weighted by molar-refractivity contribution is 7.99. The highest BCUT2D eigenvalue weighted by Gasteiger charge is 2.15. The third-order valence-electron chi connectivity index (χ3n) is 4.51. The van der Waals surface area contributed by atoms with Gasteiger partial charge in [0, 0.05) is 5.02 Å². The number of carbonyl (C=O) groups is 1. The Morgan fingerprint density at radius 2 is 1.93 bits per heavy atom. The predicted octanol–water partition coefficient (Wildman–Crippen LogP) is 3.73. The Kier molecular flexibility index (Phi) is 5.87. The molecule has 0 fully saturated rings. The maximum atomic E-state index is 12.4. The Hall–Kier alpha value is -3.10. The maximum absolute atomic E-state index is 12.4. The van der Waals surface area contributed by atoms with E-state index < -0.39 is 0 Å². The van der Waals surface area contributed by atoms with Crippen LogP contribution < -0.4 is 10.9 Å². The molecule has 7 nitrogen and oxygen atoms in total. The van der Waals surface area contributed by atoms with Crippen molar-refractivity contribution in [2.24, 2.45) is 0 Å². The molecule has 0 bridgehead atoms. The van der Waals surface area contributed by atoms with E-state index in [9.17, 15) is 9.59 Å². The number of carbonyl (C=O) groups excluding carboxylic acids is 1. The molecule has 9 heteroatoms. The molecule has 0 saturated heterocycles. The SMILES string of the molecule is CC(NC(=O)CSc1nc2c(cnn2-c2ccccc2)c(=O)[nH]1)c1ccccc1Cl. The summed E-state index contributed by atoms with van der Waals surface area (Å²) in [6, 6.07) is 16.6. The lowest BCUT2D eigenvalue weighted by atomic mass is 10.1. The molecule has 30 heavy (non-hydrogen) atoms. The number of para-hydroxylation sites is 1. The number of hydrogen-bond acceptors (Lipinski definition) is 5. The molecule has 2 aromatic carbocycles. The quantitative estimate of drug-likeness (QED) is 0.352. The van der Waals surface area contributed by atoms with E-state index in [2.05, 4.69) is 20.4 Å². The van der Waals surface area contributed by atoms with E-state index in [0.717, 1.165) is 23.0 Å². The van der Waals surface area contributed by atoms with Crippen LogP contribution in [0.25, 0.3) is 16.7 Å². The molecular weight excluding hydrogens is 422 g/mol. The van der Waals surface area contributed by atoms with Gasteiger partial charge < -0.3 is 10.3 Å². The number of nitrogens with zero attached hydrogens (tertiary/aromatic N) is 3. The molecule has 152 valence electrons. The number of aromatic amines is 1. The topological polar surface area (TPSA) is 92.7 Å². The van der Waals surface area contributed by atoms with Gasteiger partial charge in [-0.3, -0.25) is 9.59 Å². The summed E-state index contributed by atoms with van der Waals surface area (Å²) < 4.78 is 1.61. The molecule has 2 heterocycles. The van der Waals surface area contributed by atoms with Gasteiger partial charge in [-0.05, 0) is 30.7 Å². The van der Waals surface area contributed by atoms with E-state index in [-0.39, 0.29) is 23.3 Å². The molecule has 1 unspecified atom stereocenters. The lowest BCUT2D eigenvalue weighted by Gasteiger charge is -2.15. The second-order valence-corrected chi connectivity index (χ2v) is 7.97. The van der Waals surface area contributed by atoms with Crippen molar-refractivity contribution >= 4 is 40.3 Å². The van der Waals surface area contributed by atoms with Crippen LogP contribution in [0.3, 0.4) is 0 Å². The number of amides is 1. The summed E-state index contributed by atoms with van der Waals surface area (Å²) in [5.74, 6) is -0.0883. The van der Waals surface area contributed by atoms with Gasteiger partial charge >= 0.3 is 0 Å². The van der Waals surface area contributed by atoms with E-state index in [0.29, 0.717) is 21.2 Å². The molecule has 4 rings (SSSR count). The zero-order chi connectivity index (χ0) is 21.1. The van der Waals surface area contributed by atoms with Crippen molar-refractivity contribution in [2.45, 2.75) is 18.1 Å². The summed E-state index contributed by atoms with van der Waals surface area (Å²) in [5.41, 5.74) is 1.79. The molecule has 0 aliphatic heterocycles. The largest absolute Gasteiger partial charge is 0.349 e. The Bertz CT molecular complexity index is 1260. The first kappa shape index (κ1) is 20.2. The Labute approximate surface area is 181 Å². The molecule has 0 aliphatic rings. The van der Waals surface area contributed by atoms with Crippen LogP contribution >= 0.6 is 23.4 Å². The van der Waals surface area contributed by atoms with Gasteiger partial charge in [-0.1, -0.05) is 59.8 Å². The fraction of sp³-hybridized carbons (Fsp3) is 0.143. The minimum absolute atomic E-state index is 0.0999. The van der Waals surface area contributed by atoms with E-state index in [1.54, 1.807) is 10.7 Å². The van der Waals surface area contributed by atoms with Crippen LogP contribution in [0.15, 0.2) is 70.7 Å². The number of aromatic nitrogens is 4. The van der Waals surface area contributed by atoms with Crippen LogP contribution in [0.1, 0.15) is 18.5 Å². The first-order valence-electron chi connectivity index (χ1n) is 9.23. The van der Waals surface area contributed by atoms with Crippen molar-refractivity contribution in [2.75, 3.05) is 5.75 Å². The van der Waals surface area contributed by atoms with Crippen LogP contribution in [0, 0.1) is 0 Å². The molecule has 1 atom stereocenters. The summed E-state index contributed by atoms with van der Waals surface area (Å²) in [7, 11) is 0. The van der Waals surface area contributed by atoms with Crippen molar-refractivity contribution in [3.8, 4) is 5.69 Å². The number of benzene rings is 2. The Morgan fingerprint density at radius 1 is 1.20 bits per heavy atom. The minimum Gasteiger partial charge on any atom is -0.349 e. The van der Waals surface area contributed by atoms with Gasteiger partial charge in [0.15, 0.2) is 10.8 Å². The lowest BCUT2D eigenvalue weighted by Crippen LogP contribution is -2.28. The van der Waals surface area contributed by atoms with Gasteiger partial charge in [0.1, 0.15) is 5.39 Å². The predicted molar refractivity (Wildman–Crippen MR) is 118 cm³/mol. The van der Waals surface area contributed by atoms with E-state index in [1.807, 2.05) is 55.5 Å². The van der Waals surface area contributed by atoms with Gasteiger partial charge in [0.25, 0.3) is 5.56 Å². The first-order chi connectivity index (χ1) is 14.5. The number of halogens is 1. The van der Waals surface area contributed by atoms with Gasteiger partial charge in [0.2, 0.25) is 5.91 Å². The van der Waals surface area contributed by atoms with Crippen molar-refractivity contribution in [1.82, 2.24) is 25.1 Å². The second kappa shape index (κ2) is 8.73. The summed E-state index contributed by atoms with van der Waals surface area (Å²) in [6.45, 7) is 1.87. The fourth-order valence-corrected chi connectivity index (χ4v) is 4.01. The fourth-order valence-electron chi connectivity index (χ4n) is 3.05. The van der Waals surface area contributed by atoms with E-state index >= 15 is 0 Å². The lowest BCUT2D eigenvalue weighted by molar-refractivity contribution is -0.119. The van der Waals surface area contributed by atoms with Gasteiger partial charge in [-0.15, -0.1) is 0 Å². The standard InChI is InChI=1S/C21H18ClN5O2S/c1-13(15-9-5-6-10-17(15)22)24-18(28)12-30-21-25-19-16(20(29)26-21)11-23-27(19)14-7-3-2-4-8-14/h2-11,13H,12H2,1H3,(H,24,28)(H,25,26,29). The van der Waals surface area contributed by atoms with Crippen LogP contribution in [0.5, 0.6) is 0 Å². The molecule has 0 aliphatic carbocycles. The Morgan fingerprint density at radius 3 is 2.70 bits per heavy atom. The normalized spacial score (nSPS) is 12.1. The van der Waals surface area contributed by atoms with Crippen LogP contribution in [-0.2, 0) is 4.79 Å². The first-order valence-corrected chi connectivity index (χ1v) is 10.6. The van der Waals surface area contributed by atoms with Gasteiger partial charge in [-0.25, -0.2) is 9.67 Å². The van der Waals surface area contributed by atoms with Crippen molar-refractivity contribution in [1.29, 1.82) is 0 Å². The molecule has 2 aromatic heterocycles. The number of fused-ring (bicyclic) bond motifs is 1.